The largest absolute Gasteiger partial charge is 0.378 e. The summed E-state index contributed by atoms with van der Waals surface area (Å²) in [6.07, 6.45) is 0. The van der Waals surface area contributed by atoms with Gasteiger partial charge in [-0.15, -0.1) is 10.2 Å². The SMILES string of the molecule is CC(=O)N=N/C(C)=C1\C(=O)ONN1c1ccc(C)cc1. The van der Waals surface area contributed by atoms with Crippen LogP contribution in [0.25, 0.3) is 0 Å². The Morgan fingerprint density at radius 2 is 1.85 bits per heavy atom. The molecule has 1 aliphatic heterocycles. The lowest BCUT2D eigenvalue weighted by atomic mass is 10.2. The first-order valence-corrected chi connectivity index (χ1v) is 5.96. The lowest BCUT2D eigenvalue weighted by molar-refractivity contribution is -0.140. The maximum atomic E-state index is 11.7. The Labute approximate surface area is 115 Å². The first-order chi connectivity index (χ1) is 9.49. The molecule has 0 spiro atoms. The number of nitrogens with zero attached hydrogens (tertiary/aromatic N) is 3. The Morgan fingerprint density at radius 1 is 1.20 bits per heavy atom. The van der Waals surface area contributed by atoms with E-state index in [0.717, 1.165) is 5.56 Å². The fourth-order valence-electron chi connectivity index (χ4n) is 1.65. The highest BCUT2D eigenvalue weighted by Crippen LogP contribution is 2.24. The van der Waals surface area contributed by atoms with E-state index in [0.29, 0.717) is 5.69 Å². The summed E-state index contributed by atoms with van der Waals surface area (Å²) in [5, 5.41) is 8.59. The predicted octanol–water partition coefficient (Wildman–Crippen LogP) is 2.01. The number of carbonyl (C=O) groups excluding carboxylic acids is 2. The van der Waals surface area contributed by atoms with Crippen LogP contribution in [-0.2, 0) is 14.4 Å². The van der Waals surface area contributed by atoms with Crippen LogP contribution < -0.4 is 10.6 Å². The average Bonchev–Trinajstić information content (AvgIpc) is 2.79. The van der Waals surface area contributed by atoms with E-state index < -0.39 is 11.9 Å². The van der Waals surface area contributed by atoms with Gasteiger partial charge in [0.25, 0.3) is 5.91 Å². The van der Waals surface area contributed by atoms with Gasteiger partial charge in [-0.2, -0.15) is 0 Å². The molecule has 7 nitrogen and oxygen atoms in total. The molecule has 1 aliphatic rings. The van der Waals surface area contributed by atoms with Crippen molar-refractivity contribution in [1.29, 1.82) is 0 Å². The Bertz CT molecular complexity index is 605. The number of anilines is 1. The van der Waals surface area contributed by atoms with E-state index in [-0.39, 0.29) is 11.4 Å². The molecule has 1 aromatic rings. The molecule has 7 heteroatoms. The zero-order valence-electron chi connectivity index (χ0n) is 11.4. The number of benzene rings is 1. The summed E-state index contributed by atoms with van der Waals surface area (Å²) in [5.41, 5.74) is 4.79. The van der Waals surface area contributed by atoms with Crippen molar-refractivity contribution in [2.24, 2.45) is 10.2 Å². The topological polar surface area (TPSA) is 83.4 Å². The fourth-order valence-corrected chi connectivity index (χ4v) is 1.65. The van der Waals surface area contributed by atoms with Gasteiger partial charge < -0.3 is 4.84 Å². The van der Waals surface area contributed by atoms with Gasteiger partial charge in [-0.3, -0.25) is 4.79 Å². The van der Waals surface area contributed by atoms with Crippen LogP contribution in [0.5, 0.6) is 0 Å². The number of allylic oxidation sites excluding steroid dienone is 1. The molecule has 104 valence electrons. The van der Waals surface area contributed by atoms with E-state index in [4.69, 9.17) is 4.84 Å². The summed E-state index contributed by atoms with van der Waals surface area (Å²) in [7, 11) is 0. The summed E-state index contributed by atoms with van der Waals surface area (Å²) >= 11 is 0. The number of aryl methyl sites for hydroxylation is 1. The van der Waals surface area contributed by atoms with Gasteiger partial charge in [0.15, 0.2) is 5.70 Å². The second-order valence-electron chi connectivity index (χ2n) is 4.30. The van der Waals surface area contributed by atoms with Crippen LogP contribution in [0.2, 0.25) is 0 Å². The monoisotopic (exact) mass is 274 g/mol. The van der Waals surface area contributed by atoms with Crippen molar-refractivity contribution in [2.45, 2.75) is 20.8 Å². The van der Waals surface area contributed by atoms with Gasteiger partial charge in [0, 0.05) is 6.92 Å². The number of amides is 1. The Balaban J connectivity index is 2.38. The molecule has 1 amide bonds. The zero-order chi connectivity index (χ0) is 14.7. The second kappa shape index (κ2) is 5.62. The van der Waals surface area contributed by atoms with Crippen molar-refractivity contribution < 1.29 is 14.4 Å². The first kappa shape index (κ1) is 13.9. The van der Waals surface area contributed by atoms with Gasteiger partial charge in [-0.05, 0) is 26.0 Å². The molecule has 1 fully saturated rings. The highest BCUT2D eigenvalue weighted by atomic mass is 16.7. The van der Waals surface area contributed by atoms with Crippen LogP contribution in [0.4, 0.5) is 5.69 Å². The van der Waals surface area contributed by atoms with Crippen LogP contribution in [0.15, 0.2) is 45.9 Å². The van der Waals surface area contributed by atoms with Crippen molar-refractivity contribution in [2.75, 3.05) is 5.01 Å². The van der Waals surface area contributed by atoms with Crippen molar-refractivity contribution in [3.8, 4) is 0 Å². The molecule has 1 saturated heterocycles. The van der Waals surface area contributed by atoms with Gasteiger partial charge in [0.05, 0.1) is 11.4 Å². The lowest BCUT2D eigenvalue weighted by Gasteiger charge is -2.16. The van der Waals surface area contributed by atoms with Crippen molar-refractivity contribution in [1.82, 2.24) is 5.59 Å². The molecular weight excluding hydrogens is 260 g/mol. The van der Waals surface area contributed by atoms with E-state index in [1.54, 1.807) is 6.92 Å². The highest BCUT2D eigenvalue weighted by Gasteiger charge is 2.31. The number of hydrogen-bond acceptors (Lipinski definition) is 6. The number of rotatable bonds is 2. The van der Waals surface area contributed by atoms with Crippen molar-refractivity contribution >= 4 is 17.6 Å². The van der Waals surface area contributed by atoms with Gasteiger partial charge in [0.1, 0.15) is 0 Å². The van der Waals surface area contributed by atoms with Gasteiger partial charge in [0.2, 0.25) is 0 Å². The number of azo groups is 1. The molecule has 2 rings (SSSR count). The van der Waals surface area contributed by atoms with Crippen LogP contribution in [-0.4, -0.2) is 11.9 Å². The summed E-state index contributed by atoms with van der Waals surface area (Å²) in [6, 6.07) is 7.48. The van der Waals surface area contributed by atoms with Crippen LogP contribution >= 0.6 is 0 Å². The number of carbonyl (C=O) groups is 2. The predicted molar refractivity (Wildman–Crippen MR) is 71.1 cm³/mol. The Morgan fingerprint density at radius 3 is 2.45 bits per heavy atom. The maximum Gasteiger partial charge on any atom is 0.378 e. The first-order valence-electron chi connectivity index (χ1n) is 5.96. The van der Waals surface area contributed by atoms with Crippen molar-refractivity contribution in [3.05, 3.63) is 41.2 Å². The molecule has 0 unspecified atom stereocenters. The summed E-state index contributed by atoms with van der Waals surface area (Å²) in [5.74, 6) is -1.02. The van der Waals surface area contributed by atoms with Crippen LogP contribution in [0, 0.1) is 6.92 Å². The third-order valence-electron chi connectivity index (χ3n) is 2.62. The van der Waals surface area contributed by atoms with Gasteiger partial charge in [-0.25, -0.2) is 9.80 Å². The molecule has 1 N–H and O–H groups in total. The third-order valence-corrected chi connectivity index (χ3v) is 2.62. The summed E-state index contributed by atoms with van der Waals surface area (Å²) < 4.78 is 0. The molecule has 0 bridgehead atoms. The molecule has 0 radical (unpaired) electrons. The molecule has 0 aliphatic carbocycles. The standard InChI is InChI=1S/C13H14N4O3/c1-8-4-6-11(7-5-8)17-12(13(19)20-16-17)9(2)14-15-10(3)18/h4-7,16H,1-3H3/b12-9+,15-14?. The molecule has 0 atom stereocenters. The minimum Gasteiger partial charge on any atom is -0.345 e. The van der Waals surface area contributed by atoms with E-state index in [2.05, 4.69) is 15.8 Å². The number of hydrogen-bond donors (Lipinski definition) is 1. The van der Waals surface area contributed by atoms with Crippen molar-refractivity contribution in [3.63, 3.8) is 0 Å². The number of hydrazine groups is 1. The lowest BCUT2D eigenvalue weighted by Crippen LogP contribution is -2.29. The smallest absolute Gasteiger partial charge is 0.345 e. The fraction of sp³-hybridized carbons (Fsp3) is 0.231. The van der Waals surface area contributed by atoms with Gasteiger partial charge in [-0.1, -0.05) is 23.3 Å². The average molecular weight is 274 g/mol. The van der Waals surface area contributed by atoms with E-state index in [1.807, 2.05) is 31.2 Å². The molecular formula is C13H14N4O3. The Hall–Kier alpha value is -2.54. The number of nitrogens with one attached hydrogen (secondary N) is 1. The van der Waals surface area contributed by atoms with E-state index in [1.165, 1.54) is 11.9 Å². The minimum atomic E-state index is -0.578. The minimum absolute atomic E-state index is 0.193. The quantitative estimate of drug-likeness (QED) is 0.658. The maximum absolute atomic E-state index is 11.7. The molecule has 20 heavy (non-hydrogen) atoms. The van der Waals surface area contributed by atoms with Crippen LogP contribution in [0.1, 0.15) is 19.4 Å². The molecule has 1 heterocycles. The summed E-state index contributed by atoms with van der Waals surface area (Å²) in [6.45, 7) is 4.83. The van der Waals surface area contributed by atoms with E-state index >= 15 is 0 Å². The molecule has 1 aromatic carbocycles. The highest BCUT2D eigenvalue weighted by molar-refractivity contribution is 5.95. The zero-order valence-corrected chi connectivity index (χ0v) is 11.4. The molecule has 0 saturated carbocycles. The third kappa shape index (κ3) is 2.89. The molecule has 0 aromatic heterocycles. The van der Waals surface area contributed by atoms with Crippen LogP contribution in [0.3, 0.4) is 0 Å². The normalized spacial score (nSPS) is 17.6. The van der Waals surface area contributed by atoms with Gasteiger partial charge >= 0.3 is 5.97 Å². The Kier molecular flexibility index (Phi) is 3.90. The summed E-state index contributed by atoms with van der Waals surface area (Å²) in [4.78, 5) is 27.3. The second-order valence-corrected chi connectivity index (χ2v) is 4.30. The van der Waals surface area contributed by atoms with E-state index in [9.17, 15) is 9.59 Å².